The maximum Gasteiger partial charge on any atom is 0.187 e. The first-order chi connectivity index (χ1) is 9.07. The molecular formula is C14H18FN3S. The molecule has 5 heteroatoms. The van der Waals surface area contributed by atoms with E-state index in [0.29, 0.717) is 0 Å². The number of hydrazine groups is 1. The van der Waals surface area contributed by atoms with Crippen LogP contribution in [0.4, 0.5) is 4.39 Å². The van der Waals surface area contributed by atoms with E-state index in [0.717, 1.165) is 30.1 Å². The predicted octanol–water partition coefficient (Wildman–Crippen LogP) is 2.54. The van der Waals surface area contributed by atoms with Crippen molar-refractivity contribution in [3.05, 3.63) is 35.6 Å². The Bertz CT molecular complexity index is 504. The molecular weight excluding hydrogens is 261 g/mol. The number of halogens is 1. The first-order valence-corrected chi connectivity index (χ1v) is 7.03. The summed E-state index contributed by atoms with van der Waals surface area (Å²) in [6.07, 6.45) is 3.35. The van der Waals surface area contributed by atoms with Crippen molar-refractivity contribution < 1.29 is 4.39 Å². The maximum atomic E-state index is 13.2. The molecule has 3 rings (SSSR count). The number of rotatable bonds is 1. The third kappa shape index (κ3) is 1.68. The van der Waals surface area contributed by atoms with E-state index in [2.05, 4.69) is 14.9 Å². The maximum absolute atomic E-state index is 13.2. The number of fused-ring (bicyclic) bond motifs is 1. The van der Waals surface area contributed by atoms with Crippen molar-refractivity contribution in [2.24, 2.45) is 0 Å². The Labute approximate surface area is 118 Å². The van der Waals surface area contributed by atoms with Gasteiger partial charge in [0.1, 0.15) is 11.5 Å². The second kappa shape index (κ2) is 4.42. The zero-order valence-electron chi connectivity index (χ0n) is 11.3. The van der Waals surface area contributed by atoms with Crippen LogP contribution in [0.3, 0.4) is 0 Å². The van der Waals surface area contributed by atoms with E-state index in [1.54, 1.807) is 0 Å². The lowest BCUT2D eigenvalue weighted by molar-refractivity contribution is -0.0843. The molecule has 0 amide bonds. The van der Waals surface area contributed by atoms with Gasteiger partial charge in [-0.3, -0.25) is 5.01 Å². The monoisotopic (exact) mass is 279 g/mol. The lowest BCUT2D eigenvalue weighted by atomic mass is 9.89. The topological polar surface area (TPSA) is 9.72 Å². The van der Waals surface area contributed by atoms with Crippen LogP contribution in [0, 0.1) is 5.82 Å². The van der Waals surface area contributed by atoms with E-state index in [4.69, 9.17) is 12.2 Å². The van der Waals surface area contributed by atoms with E-state index >= 15 is 0 Å². The number of hydrogen-bond acceptors (Lipinski definition) is 2. The summed E-state index contributed by atoms with van der Waals surface area (Å²) in [5, 5.41) is 5.19. The summed E-state index contributed by atoms with van der Waals surface area (Å²) < 4.78 is 13.2. The minimum Gasteiger partial charge on any atom is -0.327 e. The van der Waals surface area contributed by atoms with Crippen molar-refractivity contribution in [3.63, 3.8) is 0 Å². The van der Waals surface area contributed by atoms with Gasteiger partial charge in [0.15, 0.2) is 5.11 Å². The van der Waals surface area contributed by atoms with Crippen molar-refractivity contribution in [1.29, 1.82) is 0 Å². The molecule has 1 atom stereocenters. The standard InChI is InChI=1S/C14H18FN3S/c1-16-13(19)17(2)18-10-4-3-9-14(16,18)11-5-7-12(15)8-6-11/h5-8H,3-4,9-10H2,1-2H3. The van der Waals surface area contributed by atoms with E-state index in [1.807, 2.05) is 26.2 Å². The Kier molecular flexibility index (Phi) is 2.98. The Morgan fingerprint density at radius 2 is 1.84 bits per heavy atom. The Morgan fingerprint density at radius 1 is 1.16 bits per heavy atom. The summed E-state index contributed by atoms with van der Waals surface area (Å²) in [5.74, 6) is -0.195. The molecule has 0 radical (unpaired) electrons. The summed E-state index contributed by atoms with van der Waals surface area (Å²) in [6.45, 7) is 0.984. The molecule has 1 unspecified atom stereocenters. The fraction of sp³-hybridized carbons (Fsp3) is 0.500. The number of piperidine rings is 1. The number of thiocarbonyl (C=S) groups is 1. The average molecular weight is 279 g/mol. The highest BCUT2D eigenvalue weighted by molar-refractivity contribution is 7.80. The minimum atomic E-state index is -0.238. The molecule has 1 aromatic rings. The molecule has 2 heterocycles. The van der Waals surface area contributed by atoms with Gasteiger partial charge in [-0.2, -0.15) is 5.01 Å². The zero-order chi connectivity index (χ0) is 13.6. The van der Waals surface area contributed by atoms with Crippen LogP contribution in [0.5, 0.6) is 0 Å². The molecule has 0 bridgehead atoms. The molecule has 0 aliphatic carbocycles. The minimum absolute atomic E-state index is 0.195. The van der Waals surface area contributed by atoms with Gasteiger partial charge in [-0.25, -0.2) is 4.39 Å². The molecule has 102 valence electrons. The summed E-state index contributed by atoms with van der Waals surface area (Å²) >= 11 is 5.51. The average Bonchev–Trinajstić information content (AvgIpc) is 2.63. The van der Waals surface area contributed by atoms with Crippen LogP contribution in [-0.4, -0.2) is 40.7 Å². The van der Waals surface area contributed by atoms with Gasteiger partial charge in [0.05, 0.1) is 0 Å². The summed E-state index contributed by atoms with van der Waals surface area (Å²) in [4.78, 5) is 2.15. The third-order valence-corrected chi connectivity index (χ3v) is 4.90. The van der Waals surface area contributed by atoms with Crippen molar-refractivity contribution in [2.45, 2.75) is 24.9 Å². The molecule has 2 fully saturated rings. The first-order valence-electron chi connectivity index (χ1n) is 6.62. The number of nitrogens with zero attached hydrogens (tertiary/aromatic N) is 3. The molecule has 2 aliphatic rings. The SMILES string of the molecule is CN1C(=S)N(C)C2(c3ccc(F)cc3)CCCCN12. The van der Waals surface area contributed by atoms with Gasteiger partial charge >= 0.3 is 0 Å². The summed E-state index contributed by atoms with van der Waals surface area (Å²) in [7, 11) is 4.04. The molecule has 0 N–H and O–H groups in total. The van der Waals surface area contributed by atoms with E-state index in [9.17, 15) is 4.39 Å². The van der Waals surface area contributed by atoms with Crippen LogP contribution < -0.4 is 0 Å². The van der Waals surface area contributed by atoms with Gasteiger partial charge in [-0.05, 0) is 49.2 Å². The highest BCUT2D eigenvalue weighted by atomic mass is 32.1. The Balaban J connectivity index is 2.11. The third-order valence-electron chi connectivity index (χ3n) is 4.36. The van der Waals surface area contributed by atoms with Gasteiger partial charge in [-0.15, -0.1) is 0 Å². The van der Waals surface area contributed by atoms with Crippen LogP contribution in [0.25, 0.3) is 0 Å². The van der Waals surface area contributed by atoms with Crippen molar-refractivity contribution >= 4 is 17.3 Å². The normalized spacial score (nSPS) is 27.8. The molecule has 0 saturated carbocycles. The second-order valence-corrected chi connectivity index (χ2v) is 5.63. The largest absolute Gasteiger partial charge is 0.327 e. The molecule has 3 nitrogen and oxygen atoms in total. The van der Waals surface area contributed by atoms with Gasteiger partial charge < -0.3 is 4.90 Å². The predicted molar refractivity (Wildman–Crippen MR) is 76.8 cm³/mol. The Hall–Kier alpha value is -1.20. The summed E-state index contributed by atoms with van der Waals surface area (Å²) in [6, 6.07) is 6.83. The van der Waals surface area contributed by atoms with E-state index in [1.165, 1.54) is 18.6 Å². The molecule has 19 heavy (non-hydrogen) atoms. The molecule has 0 spiro atoms. The van der Waals surface area contributed by atoms with Gasteiger partial charge in [0.2, 0.25) is 0 Å². The lowest BCUT2D eigenvalue weighted by Crippen LogP contribution is -2.53. The van der Waals surface area contributed by atoms with Gasteiger partial charge in [-0.1, -0.05) is 12.1 Å². The fourth-order valence-corrected chi connectivity index (χ4v) is 3.62. The van der Waals surface area contributed by atoms with Crippen LogP contribution >= 0.6 is 12.2 Å². The van der Waals surface area contributed by atoms with Crippen LogP contribution in [-0.2, 0) is 5.66 Å². The fourth-order valence-electron chi connectivity index (χ4n) is 3.37. The number of hydrogen-bond donors (Lipinski definition) is 0. The number of benzene rings is 1. The lowest BCUT2D eigenvalue weighted by Gasteiger charge is -2.46. The molecule has 1 aromatic carbocycles. The smallest absolute Gasteiger partial charge is 0.187 e. The quantitative estimate of drug-likeness (QED) is 0.731. The van der Waals surface area contributed by atoms with Crippen LogP contribution in [0.2, 0.25) is 0 Å². The highest BCUT2D eigenvalue weighted by Gasteiger charge is 2.52. The zero-order valence-corrected chi connectivity index (χ0v) is 12.1. The van der Waals surface area contributed by atoms with Gasteiger partial charge in [0.25, 0.3) is 0 Å². The van der Waals surface area contributed by atoms with Crippen molar-refractivity contribution in [1.82, 2.24) is 14.9 Å². The molecule has 2 saturated heterocycles. The van der Waals surface area contributed by atoms with Gasteiger partial charge in [0, 0.05) is 20.6 Å². The highest BCUT2D eigenvalue weighted by Crippen LogP contribution is 2.45. The van der Waals surface area contributed by atoms with E-state index in [-0.39, 0.29) is 11.5 Å². The van der Waals surface area contributed by atoms with Crippen molar-refractivity contribution in [3.8, 4) is 0 Å². The molecule has 0 aromatic heterocycles. The first kappa shape index (κ1) is 12.8. The van der Waals surface area contributed by atoms with E-state index < -0.39 is 0 Å². The van der Waals surface area contributed by atoms with Crippen molar-refractivity contribution in [2.75, 3.05) is 20.6 Å². The second-order valence-electron chi connectivity index (χ2n) is 5.27. The Morgan fingerprint density at radius 3 is 2.53 bits per heavy atom. The molecule has 2 aliphatic heterocycles. The summed E-state index contributed by atoms with van der Waals surface area (Å²) in [5.41, 5.74) is 0.875. The van der Waals surface area contributed by atoms with Crippen LogP contribution in [0.1, 0.15) is 24.8 Å². The van der Waals surface area contributed by atoms with Crippen LogP contribution in [0.15, 0.2) is 24.3 Å².